The molecular weight excluding hydrogens is 294 g/mol. The first-order chi connectivity index (χ1) is 8.63. The second-order valence-electron chi connectivity index (χ2n) is 4.62. The predicted molar refractivity (Wildman–Crippen MR) is 72.7 cm³/mol. The molecule has 0 fully saturated rings. The minimum Gasteiger partial charge on any atom is -0.490 e. The molecule has 3 rings (SSSR count). The summed E-state index contributed by atoms with van der Waals surface area (Å²) in [4.78, 5) is 0. The maximum Gasteiger partial charge on any atom is 0.169 e. The quantitative estimate of drug-likeness (QED) is 0.925. The van der Waals surface area contributed by atoms with E-state index in [1.807, 2.05) is 24.3 Å². The van der Waals surface area contributed by atoms with E-state index in [2.05, 4.69) is 28.9 Å². The molecule has 3 nitrogen and oxygen atoms in total. The number of hydrogen-bond donors (Lipinski definition) is 1. The summed E-state index contributed by atoms with van der Waals surface area (Å²) in [5, 5.41) is 0. The third-order valence-electron chi connectivity index (χ3n) is 3.18. The highest BCUT2D eigenvalue weighted by atomic mass is 79.9. The predicted octanol–water partition coefficient (Wildman–Crippen LogP) is 3.41. The highest BCUT2D eigenvalue weighted by Crippen LogP contribution is 2.32. The lowest BCUT2D eigenvalue weighted by Gasteiger charge is -2.10. The standard InChI is InChI=1S/C14H14BrNO2/c1-8-6-10-7-9(2-3-11(10)17-8)14(16)12-4-5-13(15)18-12/h2-5,7-8,14H,6,16H2,1H3. The van der Waals surface area contributed by atoms with Crippen LogP contribution >= 0.6 is 15.9 Å². The van der Waals surface area contributed by atoms with Gasteiger partial charge in [0, 0.05) is 6.42 Å². The molecule has 0 amide bonds. The SMILES string of the molecule is CC1Cc2cc(C(N)c3ccc(Br)o3)ccc2O1. The van der Waals surface area contributed by atoms with Crippen LogP contribution in [0.5, 0.6) is 5.75 Å². The van der Waals surface area contributed by atoms with Gasteiger partial charge in [0.15, 0.2) is 4.67 Å². The second kappa shape index (κ2) is 4.44. The summed E-state index contributed by atoms with van der Waals surface area (Å²) < 4.78 is 11.9. The van der Waals surface area contributed by atoms with Crippen LogP contribution in [-0.4, -0.2) is 6.10 Å². The Balaban J connectivity index is 1.91. The molecule has 2 atom stereocenters. The van der Waals surface area contributed by atoms with E-state index in [-0.39, 0.29) is 12.1 Å². The minimum absolute atomic E-state index is 0.238. The van der Waals surface area contributed by atoms with Gasteiger partial charge in [-0.3, -0.25) is 0 Å². The summed E-state index contributed by atoms with van der Waals surface area (Å²) >= 11 is 3.29. The molecule has 1 aromatic carbocycles. The van der Waals surface area contributed by atoms with E-state index in [0.29, 0.717) is 4.67 Å². The van der Waals surface area contributed by atoms with E-state index in [1.54, 1.807) is 0 Å². The highest BCUT2D eigenvalue weighted by molar-refractivity contribution is 9.10. The van der Waals surface area contributed by atoms with E-state index in [4.69, 9.17) is 14.9 Å². The molecular formula is C14H14BrNO2. The van der Waals surface area contributed by atoms with Crippen molar-refractivity contribution in [3.8, 4) is 5.75 Å². The van der Waals surface area contributed by atoms with Gasteiger partial charge in [0.25, 0.3) is 0 Å². The van der Waals surface area contributed by atoms with E-state index in [0.717, 1.165) is 23.5 Å². The van der Waals surface area contributed by atoms with Gasteiger partial charge in [-0.05, 0) is 58.2 Å². The number of halogens is 1. The summed E-state index contributed by atoms with van der Waals surface area (Å²) in [6.07, 6.45) is 1.20. The van der Waals surface area contributed by atoms with Gasteiger partial charge in [0.1, 0.15) is 17.6 Å². The number of fused-ring (bicyclic) bond motifs is 1. The molecule has 0 aliphatic carbocycles. The number of ether oxygens (including phenoxy) is 1. The molecule has 2 aromatic rings. The number of rotatable bonds is 2. The summed E-state index contributed by atoms with van der Waals surface area (Å²) in [6.45, 7) is 2.07. The first-order valence-corrected chi connectivity index (χ1v) is 6.73. The molecule has 2 unspecified atom stereocenters. The highest BCUT2D eigenvalue weighted by Gasteiger charge is 2.21. The largest absolute Gasteiger partial charge is 0.490 e. The molecule has 0 saturated carbocycles. The molecule has 1 aliphatic rings. The van der Waals surface area contributed by atoms with Crippen molar-refractivity contribution < 1.29 is 9.15 Å². The Morgan fingerprint density at radius 2 is 2.17 bits per heavy atom. The van der Waals surface area contributed by atoms with Crippen LogP contribution in [0.25, 0.3) is 0 Å². The number of benzene rings is 1. The van der Waals surface area contributed by atoms with Crippen molar-refractivity contribution in [1.29, 1.82) is 0 Å². The van der Waals surface area contributed by atoms with Crippen molar-refractivity contribution in [3.63, 3.8) is 0 Å². The zero-order valence-electron chi connectivity index (χ0n) is 10.0. The molecule has 1 aromatic heterocycles. The van der Waals surface area contributed by atoms with Crippen LogP contribution in [0.15, 0.2) is 39.4 Å². The summed E-state index contributed by atoms with van der Waals surface area (Å²) in [7, 11) is 0. The zero-order valence-corrected chi connectivity index (χ0v) is 11.6. The van der Waals surface area contributed by atoms with E-state index in [1.165, 1.54) is 5.56 Å². The zero-order chi connectivity index (χ0) is 12.7. The van der Waals surface area contributed by atoms with Crippen molar-refractivity contribution in [3.05, 3.63) is 51.9 Å². The van der Waals surface area contributed by atoms with Crippen molar-refractivity contribution >= 4 is 15.9 Å². The smallest absolute Gasteiger partial charge is 0.169 e. The maximum absolute atomic E-state index is 6.20. The van der Waals surface area contributed by atoms with Crippen molar-refractivity contribution in [2.75, 3.05) is 0 Å². The van der Waals surface area contributed by atoms with Crippen molar-refractivity contribution in [2.24, 2.45) is 5.73 Å². The second-order valence-corrected chi connectivity index (χ2v) is 5.40. The van der Waals surface area contributed by atoms with Gasteiger partial charge >= 0.3 is 0 Å². The summed E-state index contributed by atoms with van der Waals surface area (Å²) in [5.74, 6) is 1.73. The van der Waals surface area contributed by atoms with Gasteiger partial charge in [-0.1, -0.05) is 6.07 Å². The third-order valence-corrected chi connectivity index (χ3v) is 3.61. The Hall–Kier alpha value is -1.26. The lowest BCUT2D eigenvalue weighted by atomic mass is 10.0. The van der Waals surface area contributed by atoms with Crippen LogP contribution in [0.1, 0.15) is 29.9 Å². The van der Waals surface area contributed by atoms with Crippen LogP contribution in [0.3, 0.4) is 0 Å². The average Bonchev–Trinajstić information content (AvgIpc) is 2.92. The lowest BCUT2D eigenvalue weighted by molar-refractivity contribution is 0.254. The number of nitrogens with two attached hydrogens (primary N) is 1. The maximum atomic E-state index is 6.20. The van der Waals surface area contributed by atoms with Gasteiger partial charge in [-0.15, -0.1) is 0 Å². The van der Waals surface area contributed by atoms with Gasteiger partial charge in [-0.2, -0.15) is 0 Å². The van der Waals surface area contributed by atoms with Gasteiger partial charge in [-0.25, -0.2) is 0 Å². The summed E-state index contributed by atoms with van der Waals surface area (Å²) in [5.41, 5.74) is 8.48. The molecule has 2 heterocycles. The Kier molecular flexibility index (Phi) is 2.92. The fourth-order valence-electron chi connectivity index (χ4n) is 2.30. The molecule has 1 aliphatic heterocycles. The van der Waals surface area contributed by atoms with Crippen molar-refractivity contribution in [2.45, 2.75) is 25.5 Å². The van der Waals surface area contributed by atoms with Crippen LogP contribution in [0.2, 0.25) is 0 Å². The first-order valence-electron chi connectivity index (χ1n) is 5.94. The molecule has 18 heavy (non-hydrogen) atoms. The topological polar surface area (TPSA) is 48.4 Å². The Bertz CT molecular complexity index is 579. The molecule has 4 heteroatoms. The monoisotopic (exact) mass is 307 g/mol. The van der Waals surface area contributed by atoms with Crippen molar-refractivity contribution in [1.82, 2.24) is 0 Å². The molecule has 0 saturated heterocycles. The van der Waals surface area contributed by atoms with Gasteiger partial charge < -0.3 is 14.9 Å². The number of furan rings is 1. The number of hydrogen-bond acceptors (Lipinski definition) is 3. The van der Waals surface area contributed by atoms with Gasteiger partial charge in [0.05, 0.1) is 6.04 Å². The van der Waals surface area contributed by atoms with Crippen LogP contribution in [0, 0.1) is 0 Å². The normalized spacial score (nSPS) is 19.4. The van der Waals surface area contributed by atoms with E-state index in [9.17, 15) is 0 Å². The Labute approximate surface area is 114 Å². The van der Waals surface area contributed by atoms with E-state index >= 15 is 0 Å². The molecule has 0 bridgehead atoms. The van der Waals surface area contributed by atoms with Crippen LogP contribution < -0.4 is 10.5 Å². The fourth-order valence-corrected chi connectivity index (χ4v) is 2.61. The first kappa shape index (κ1) is 11.8. The Morgan fingerprint density at radius 3 is 2.89 bits per heavy atom. The molecule has 0 radical (unpaired) electrons. The minimum atomic E-state index is -0.238. The molecule has 94 valence electrons. The average molecular weight is 308 g/mol. The van der Waals surface area contributed by atoms with Crippen LogP contribution in [-0.2, 0) is 6.42 Å². The fraction of sp³-hybridized carbons (Fsp3) is 0.286. The third kappa shape index (κ3) is 2.06. The van der Waals surface area contributed by atoms with Gasteiger partial charge in [0.2, 0.25) is 0 Å². The van der Waals surface area contributed by atoms with Crippen LogP contribution in [0.4, 0.5) is 0 Å². The molecule has 2 N–H and O–H groups in total. The summed E-state index contributed by atoms with van der Waals surface area (Å²) in [6, 6.07) is 9.61. The lowest BCUT2D eigenvalue weighted by Crippen LogP contribution is -2.11. The molecule has 0 spiro atoms. The van der Waals surface area contributed by atoms with E-state index < -0.39 is 0 Å². The Morgan fingerprint density at radius 1 is 1.33 bits per heavy atom.